The van der Waals surface area contributed by atoms with Crippen molar-refractivity contribution in [2.24, 2.45) is 10.9 Å². The van der Waals surface area contributed by atoms with Crippen molar-refractivity contribution in [3.63, 3.8) is 0 Å². The first-order chi connectivity index (χ1) is 4.18. The van der Waals surface area contributed by atoms with Gasteiger partial charge >= 0.3 is 0 Å². The van der Waals surface area contributed by atoms with Gasteiger partial charge in [0.25, 0.3) is 0 Å². The molecule has 0 atom stereocenters. The van der Waals surface area contributed by atoms with Gasteiger partial charge in [-0.1, -0.05) is 5.18 Å². The summed E-state index contributed by atoms with van der Waals surface area (Å²) in [5.41, 5.74) is 3.98. The maximum Gasteiger partial charge on any atom is 0.104 e. The van der Waals surface area contributed by atoms with E-state index in [1.807, 2.05) is 0 Å². The minimum absolute atomic E-state index is 0.264. The highest BCUT2D eigenvalue weighted by Gasteiger charge is 2.22. The lowest BCUT2D eigenvalue weighted by Gasteiger charge is -2.19. The van der Waals surface area contributed by atoms with Gasteiger partial charge in [0.15, 0.2) is 0 Å². The molecule has 0 fully saturated rings. The highest BCUT2D eigenvalue weighted by molar-refractivity contribution is 4.84. The summed E-state index contributed by atoms with van der Waals surface area (Å²) in [4.78, 5) is 9.59. The van der Waals surface area contributed by atoms with Gasteiger partial charge in [-0.25, -0.2) is 0 Å². The van der Waals surface area contributed by atoms with E-state index in [4.69, 9.17) is 15.9 Å². The SMILES string of the molecule is NC(CO)(CO)CN=O. The number of nitrogens with two attached hydrogens (primary N) is 1. The molecule has 0 radical (unpaired) electrons. The number of aliphatic hydroxyl groups is 2. The second-order valence-electron chi connectivity index (χ2n) is 1.97. The van der Waals surface area contributed by atoms with Crippen LogP contribution in [0.5, 0.6) is 0 Å². The average Bonchev–Trinajstić information content (AvgIpc) is 1.89. The molecule has 5 nitrogen and oxygen atoms in total. The van der Waals surface area contributed by atoms with Gasteiger partial charge in [-0.2, -0.15) is 4.91 Å². The van der Waals surface area contributed by atoms with E-state index in [9.17, 15) is 4.91 Å². The molecule has 9 heavy (non-hydrogen) atoms. The van der Waals surface area contributed by atoms with Crippen LogP contribution in [0.2, 0.25) is 0 Å². The number of rotatable bonds is 4. The maximum absolute atomic E-state index is 9.59. The van der Waals surface area contributed by atoms with Crippen LogP contribution in [-0.2, 0) is 0 Å². The summed E-state index contributed by atoms with van der Waals surface area (Å²) in [6.45, 7) is -1.13. The molecule has 0 saturated carbocycles. The third-order valence-corrected chi connectivity index (χ3v) is 1.01. The molecule has 0 spiro atoms. The third kappa shape index (κ3) is 2.50. The summed E-state index contributed by atoms with van der Waals surface area (Å²) in [6, 6.07) is 0. The summed E-state index contributed by atoms with van der Waals surface area (Å²) in [7, 11) is 0. The Hall–Kier alpha value is -0.520. The van der Waals surface area contributed by atoms with E-state index in [1.165, 1.54) is 0 Å². The fourth-order valence-electron chi connectivity index (χ4n) is 0.279. The van der Waals surface area contributed by atoms with Gasteiger partial charge in [0.2, 0.25) is 0 Å². The van der Waals surface area contributed by atoms with Crippen LogP contribution in [-0.4, -0.2) is 35.5 Å². The average molecular weight is 134 g/mol. The standard InChI is InChI=1S/C4H10N2O3/c5-4(2-7,3-8)1-6-9/h7-8H,1-3,5H2. The van der Waals surface area contributed by atoms with Crippen LogP contribution >= 0.6 is 0 Å². The molecule has 0 aromatic carbocycles. The smallest absolute Gasteiger partial charge is 0.104 e. The molecule has 0 bridgehead atoms. The number of aliphatic hydroxyl groups excluding tert-OH is 2. The van der Waals surface area contributed by atoms with Gasteiger partial charge in [-0.3, -0.25) is 0 Å². The zero-order valence-corrected chi connectivity index (χ0v) is 4.95. The summed E-state index contributed by atoms with van der Waals surface area (Å²) < 4.78 is 0. The number of nitrogens with zero attached hydrogens (tertiary/aromatic N) is 1. The van der Waals surface area contributed by atoms with E-state index in [1.54, 1.807) is 0 Å². The van der Waals surface area contributed by atoms with Gasteiger partial charge in [-0.15, -0.1) is 0 Å². The minimum Gasteiger partial charge on any atom is -0.394 e. The van der Waals surface area contributed by atoms with Crippen molar-refractivity contribution in [1.29, 1.82) is 0 Å². The van der Waals surface area contributed by atoms with Gasteiger partial charge in [0.1, 0.15) is 6.54 Å². The fourth-order valence-corrected chi connectivity index (χ4v) is 0.279. The Bertz CT molecular complexity index is 91.8. The van der Waals surface area contributed by atoms with Crippen molar-refractivity contribution in [1.82, 2.24) is 0 Å². The van der Waals surface area contributed by atoms with Gasteiger partial charge in [-0.05, 0) is 0 Å². The molecule has 0 heterocycles. The van der Waals surface area contributed by atoms with E-state index in [0.717, 1.165) is 0 Å². The Labute approximate surface area is 52.5 Å². The zero-order valence-electron chi connectivity index (χ0n) is 4.95. The van der Waals surface area contributed by atoms with E-state index in [0.29, 0.717) is 0 Å². The summed E-state index contributed by atoms with van der Waals surface area (Å²) >= 11 is 0. The van der Waals surface area contributed by atoms with Crippen molar-refractivity contribution in [2.75, 3.05) is 19.8 Å². The van der Waals surface area contributed by atoms with Crippen LogP contribution in [0.1, 0.15) is 0 Å². The molecule has 54 valence electrons. The second-order valence-corrected chi connectivity index (χ2v) is 1.97. The Morgan fingerprint density at radius 3 is 2.00 bits per heavy atom. The number of nitroso groups, excluding NO2 is 1. The molecule has 0 aromatic rings. The first-order valence-corrected chi connectivity index (χ1v) is 2.48. The van der Waals surface area contributed by atoms with E-state index in [-0.39, 0.29) is 6.54 Å². The van der Waals surface area contributed by atoms with Gasteiger partial charge in [0, 0.05) is 0 Å². The number of hydrogen-bond acceptors (Lipinski definition) is 5. The van der Waals surface area contributed by atoms with Crippen LogP contribution in [0.4, 0.5) is 0 Å². The molecule has 0 aliphatic carbocycles. The molecule has 0 amide bonds. The van der Waals surface area contributed by atoms with Crippen LogP contribution in [0, 0.1) is 4.91 Å². The minimum atomic E-state index is -1.23. The van der Waals surface area contributed by atoms with E-state index >= 15 is 0 Å². The first kappa shape index (κ1) is 8.48. The molecule has 0 unspecified atom stereocenters. The van der Waals surface area contributed by atoms with Crippen molar-refractivity contribution in [3.8, 4) is 0 Å². The predicted octanol–water partition coefficient (Wildman–Crippen LogP) is -1.57. The van der Waals surface area contributed by atoms with Gasteiger partial charge in [0.05, 0.1) is 18.8 Å². The number of hydrogen-bond donors (Lipinski definition) is 3. The van der Waals surface area contributed by atoms with Gasteiger partial charge < -0.3 is 15.9 Å². The van der Waals surface area contributed by atoms with Crippen LogP contribution in [0.25, 0.3) is 0 Å². The lowest BCUT2D eigenvalue weighted by Crippen LogP contribution is -2.50. The predicted molar refractivity (Wildman–Crippen MR) is 31.8 cm³/mol. The molecule has 0 aliphatic rings. The molecular formula is C4H10N2O3. The Morgan fingerprint density at radius 2 is 1.89 bits per heavy atom. The zero-order chi connectivity index (χ0) is 7.33. The Balaban J connectivity index is 3.75. The molecule has 4 N–H and O–H groups in total. The Morgan fingerprint density at radius 1 is 1.44 bits per heavy atom. The molecular weight excluding hydrogens is 124 g/mol. The first-order valence-electron chi connectivity index (χ1n) is 2.48. The monoisotopic (exact) mass is 134 g/mol. The van der Waals surface area contributed by atoms with Crippen molar-refractivity contribution in [2.45, 2.75) is 5.54 Å². The van der Waals surface area contributed by atoms with Crippen molar-refractivity contribution < 1.29 is 10.2 Å². The second kappa shape index (κ2) is 3.49. The van der Waals surface area contributed by atoms with E-state index < -0.39 is 18.8 Å². The quantitative estimate of drug-likeness (QED) is 0.405. The van der Waals surface area contributed by atoms with Crippen LogP contribution < -0.4 is 5.73 Å². The highest BCUT2D eigenvalue weighted by atomic mass is 16.3. The maximum atomic E-state index is 9.59. The molecule has 5 heteroatoms. The third-order valence-electron chi connectivity index (χ3n) is 1.01. The largest absolute Gasteiger partial charge is 0.394 e. The molecule has 0 aromatic heterocycles. The van der Waals surface area contributed by atoms with Crippen LogP contribution in [0.15, 0.2) is 5.18 Å². The molecule has 0 saturated heterocycles. The molecule has 0 aliphatic heterocycles. The normalized spacial score (nSPS) is 11.4. The fraction of sp³-hybridized carbons (Fsp3) is 1.00. The lowest BCUT2D eigenvalue weighted by atomic mass is 10.1. The van der Waals surface area contributed by atoms with E-state index in [2.05, 4.69) is 5.18 Å². The summed E-state index contributed by atoms with van der Waals surface area (Å²) in [5, 5.41) is 19.3. The summed E-state index contributed by atoms with van der Waals surface area (Å²) in [6.07, 6.45) is 0. The van der Waals surface area contributed by atoms with Crippen molar-refractivity contribution in [3.05, 3.63) is 4.91 Å². The van der Waals surface area contributed by atoms with Crippen molar-refractivity contribution >= 4 is 0 Å². The molecule has 0 rings (SSSR count). The lowest BCUT2D eigenvalue weighted by molar-refractivity contribution is 0.127. The van der Waals surface area contributed by atoms with Crippen LogP contribution in [0.3, 0.4) is 0 Å². The Kier molecular flexibility index (Phi) is 3.29. The summed E-state index contributed by atoms with van der Waals surface area (Å²) in [5.74, 6) is 0. The highest BCUT2D eigenvalue weighted by Crippen LogP contribution is 1.96. The topological polar surface area (TPSA) is 95.9 Å².